The summed E-state index contributed by atoms with van der Waals surface area (Å²) in [6.07, 6.45) is 0. The van der Waals surface area contributed by atoms with Gasteiger partial charge in [-0.3, -0.25) is 4.79 Å². The van der Waals surface area contributed by atoms with Gasteiger partial charge in [-0.05, 0) is 11.6 Å². The van der Waals surface area contributed by atoms with Crippen LogP contribution in [0.3, 0.4) is 0 Å². The first-order valence-corrected chi connectivity index (χ1v) is 3.88. The number of nitrogens with one attached hydrogen (secondary N) is 1. The fourth-order valence-corrected chi connectivity index (χ4v) is 0.752. The minimum absolute atomic E-state index is 0.591. The number of aliphatic carboxylic acids is 1. The molecule has 0 radical (unpaired) electrons. The number of carboxylic acids is 1. The van der Waals surface area contributed by atoms with Gasteiger partial charge in [0.2, 0.25) is 5.91 Å². The van der Waals surface area contributed by atoms with Crippen molar-refractivity contribution >= 4 is 17.9 Å². The zero-order valence-electron chi connectivity index (χ0n) is 13.8. The van der Waals surface area contributed by atoms with E-state index in [1.54, 1.807) is 0 Å². The Morgan fingerprint density at radius 1 is 1.47 bits per heavy atom. The lowest BCUT2D eigenvalue weighted by Crippen LogP contribution is -2.24. The molecule has 0 atom stereocenters. The molecule has 1 rings (SSSR count). The van der Waals surface area contributed by atoms with Gasteiger partial charge in [0.1, 0.15) is 5.70 Å². The first-order chi connectivity index (χ1) is 9.59. The standard InChI is InChI=1S/C11H11NO3/c1-8(13)12-10(11(14)15)7-9-5-3-2-4-6-9/h2-7H,1H3,(H,12,13)(H,14,15)/b10-7+/i2D,3D,4D,5D,6D,7D,11+1. The average molecular weight is 212 g/mol. The summed E-state index contributed by atoms with van der Waals surface area (Å²) in [5.41, 5.74) is -1.45. The zero-order chi connectivity index (χ0) is 16.5. The first-order valence-electron chi connectivity index (χ1n) is 6.88. The maximum atomic E-state index is 11.1. The molecule has 0 aliphatic rings. The maximum Gasteiger partial charge on any atom is 0.352 e. The van der Waals surface area contributed by atoms with Gasteiger partial charge in [-0.2, -0.15) is 0 Å². The zero-order valence-corrected chi connectivity index (χ0v) is 7.76. The van der Waals surface area contributed by atoms with Crippen molar-refractivity contribution in [3.8, 4) is 0 Å². The van der Waals surface area contributed by atoms with Crippen LogP contribution >= 0.6 is 0 Å². The van der Waals surface area contributed by atoms with E-state index in [9.17, 15) is 9.59 Å². The molecule has 0 heterocycles. The van der Waals surface area contributed by atoms with Gasteiger partial charge in [0.05, 0.1) is 8.22 Å². The third-order valence-corrected chi connectivity index (χ3v) is 1.26. The molecule has 4 nitrogen and oxygen atoms in total. The quantitative estimate of drug-likeness (QED) is 0.585. The molecule has 78 valence electrons. The summed E-state index contributed by atoms with van der Waals surface area (Å²) in [5, 5.41) is 10.9. The lowest BCUT2D eigenvalue weighted by Gasteiger charge is -2.02. The van der Waals surface area contributed by atoms with Crippen LogP contribution in [0.15, 0.2) is 35.9 Å². The molecule has 0 aromatic heterocycles. The SMILES string of the molecule is [2H]/C(=C(\NC(C)=O)[13C](=O)O)c1c([2H])c([2H])c([2H])c([2H])c1[2H]. The molecule has 1 aromatic carbocycles. The van der Waals surface area contributed by atoms with Gasteiger partial charge in [0, 0.05) is 6.92 Å². The van der Waals surface area contributed by atoms with Crippen molar-refractivity contribution in [2.24, 2.45) is 0 Å². The summed E-state index contributed by atoms with van der Waals surface area (Å²) in [7, 11) is 0. The number of rotatable bonds is 3. The van der Waals surface area contributed by atoms with Gasteiger partial charge >= 0.3 is 5.97 Å². The summed E-state index contributed by atoms with van der Waals surface area (Å²) in [6, 6.07) is -4.33. The molecular formula is C11H11NO3. The third kappa shape index (κ3) is 3.64. The molecule has 1 aromatic rings. The number of benzene rings is 1. The van der Waals surface area contributed by atoms with Crippen LogP contribution in [0.5, 0.6) is 0 Å². The van der Waals surface area contributed by atoms with E-state index >= 15 is 0 Å². The molecule has 0 saturated carbocycles. The van der Waals surface area contributed by atoms with E-state index in [0.717, 1.165) is 6.92 Å². The third-order valence-electron chi connectivity index (χ3n) is 1.26. The van der Waals surface area contributed by atoms with Crippen molar-refractivity contribution in [3.05, 3.63) is 41.5 Å². The summed E-state index contributed by atoms with van der Waals surface area (Å²) < 4.78 is 45.4. The van der Waals surface area contributed by atoms with Crippen molar-refractivity contribution in [1.82, 2.24) is 5.32 Å². The number of hydrogen-bond acceptors (Lipinski definition) is 2. The highest BCUT2D eigenvalue weighted by Gasteiger charge is 2.08. The fraction of sp³-hybridized carbons (Fsp3) is 0.0909. The molecule has 0 bridgehead atoms. The summed E-state index contributed by atoms with van der Waals surface area (Å²) in [6.45, 7) is 1.03. The van der Waals surface area contributed by atoms with E-state index in [0.29, 0.717) is 0 Å². The topological polar surface area (TPSA) is 66.4 Å². The van der Waals surface area contributed by atoms with Crippen molar-refractivity contribution < 1.29 is 22.9 Å². The Balaban J connectivity index is 3.73. The smallest absolute Gasteiger partial charge is 0.352 e. The molecule has 0 unspecified atom stereocenters. The van der Waals surface area contributed by atoms with Crippen LogP contribution in [-0.4, -0.2) is 17.0 Å². The van der Waals surface area contributed by atoms with E-state index in [1.165, 1.54) is 0 Å². The second kappa shape index (κ2) is 4.95. The van der Waals surface area contributed by atoms with Crippen LogP contribution in [0, 0.1) is 0 Å². The van der Waals surface area contributed by atoms with E-state index in [4.69, 9.17) is 13.3 Å². The largest absolute Gasteiger partial charge is 0.477 e. The molecule has 15 heavy (non-hydrogen) atoms. The normalized spacial score (nSPS) is 17.1. The lowest BCUT2D eigenvalue weighted by atomic mass is 10.2. The lowest BCUT2D eigenvalue weighted by molar-refractivity contribution is -0.134. The summed E-state index contributed by atoms with van der Waals surface area (Å²) in [5.74, 6) is -2.41. The number of hydrogen-bond donors (Lipinski definition) is 2. The van der Waals surface area contributed by atoms with Crippen LogP contribution < -0.4 is 5.32 Å². The van der Waals surface area contributed by atoms with Crippen LogP contribution in [0.25, 0.3) is 6.05 Å². The molecule has 0 spiro atoms. The van der Waals surface area contributed by atoms with Gasteiger partial charge in [-0.25, -0.2) is 4.79 Å². The minimum Gasteiger partial charge on any atom is -0.477 e. The van der Waals surface area contributed by atoms with Crippen LogP contribution in [0.2, 0.25) is 0 Å². The number of carbonyl (C=O) groups is 2. The predicted molar refractivity (Wildman–Crippen MR) is 55.9 cm³/mol. The van der Waals surface area contributed by atoms with Gasteiger partial charge < -0.3 is 10.4 Å². The van der Waals surface area contributed by atoms with E-state index in [-0.39, 0.29) is 0 Å². The summed E-state index contributed by atoms with van der Waals surface area (Å²) in [4.78, 5) is 22.0. The van der Waals surface area contributed by atoms with E-state index in [2.05, 4.69) is 0 Å². The molecule has 4 heteroatoms. The molecular weight excluding hydrogens is 195 g/mol. The molecule has 0 aliphatic carbocycles. The fourth-order valence-electron chi connectivity index (χ4n) is 0.752. The highest BCUT2D eigenvalue weighted by Crippen LogP contribution is 2.04. The Kier molecular flexibility index (Phi) is 1.69. The Morgan fingerprint density at radius 3 is 2.53 bits per heavy atom. The maximum absolute atomic E-state index is 11.1. The molecule has 0 saturated heterocycles. The average Bonchev–Trinajstić information content (AvgIpc) is 2.39. The Labute approximate surface area is 95.7 Å². The Bertz CT molecular complexity index is 641. The van der Waals surface area contributed by atoms with Crippen LogP contribution in [0.1, 0.15) is 20.7 Å². The Hall–Kier alpha value is -2.10. The number of carboxylic acid groups (broad SMARTS) is 1. The van der Waals surface area contributed by atoms with Crippen LogP contribution in [0.4, 0.5) is 0 Å². The second-order valence-electron chi connectivity index (χ2n) is 2.49. The first kappa shape index (κ1) is 5.11. The van der Waals surface area contributed by atoms with Crippen molar-refractivity contribution in [3.63, 3.8) is 0 Å². The van der Waals surface area contributed by atoms with Gasteiger partial charge in [-0.15, -0.1) is 0 Å². The van der Waals surface area contributed by atoms with Crippen molar-refractivity contribution in [2.75, 3.05) is 0 Å². The van der Waals surface area contributed by atoms with Gasteiger partial charge in [0.25, 0.3) is 0 Å². The van der Waals surface area contributed by atoms with E-state index in [1.807, 2.05) is 5.32 Å². The highest BCUT2D eigenvalue weighted by atomic mass is 16.5. The monoisotopic (exact) mass is 212 g/mol. The Morgan fingerprint density at radius 2 is 2.07 bits per heavy atom. The minimum atomic E-state index is -1.65. The van der Waals surface area contributed by atoms with Gasteiger partial charge in [-0.1, -0.05) is 30.2 Å². The van der Waals surface area contributed by atoms with Gasteiger partial charge in [0.15, 0.2) is 0 Å². The van der Waals surface area contributed by atoms with Crippen LogP contribution in [-0.2, 0) is 9.59 Å². The molecule has 1 amide bonds. The van der Waals surface area contributed by atoms with Crippen molar-refractivity contribution in [1.29, 1.82) is 0 Å². The molecule has 0 fully saturated rings. The second-order valence-corrected chi connectivity index (χ2v) is 2.49. The number of carbonyl (C=O) groups excluding carboxylic acids is 1. The highest BCUT2D eigenvalue weighted by molar-refractivity contribution is 5.96. The van der Waals surface area contributed by atoms with Crippen molar-refractivity contribution in [2.45, 2.75) is 6.92 Å². The number of amides is 1. The summed E-state index contributed by atoms with van der Waals surface area (Å²) >= 11 is 0. The predicted octanol–water partition coefficient (Wildman–Crippen LogP) is 1.25. The van der Waals surface area contributed by atoms with E-state index < -0.39 is 59.4 Å². The molecule has 0 aliphatic heterocycles. The molecule has 2 N–H and O–H groups in total.